The average Bonchev–Trinajstić information content (AvgIpc) is 3.37. The molecule has 37 heavy (non-hydrogen) atoms. The molecule has 8 heteroatoms. The van der Waals surface area contributed by atoms with Gasteiger partial charge < -0.3 is 19.5 Å². The molecule has 0 atom stereocenters. The van der Waals surface area contributed by atoms with Gasteiger partial charge in [-0.3, -0.25) is 9.78 Å². The fraction of sp³-hybridized carbons (Fsp3) is 0.310. The highest BCUT2D eigenvalue weighted by atomic mass is 16.5. The Morgan fingerprint density at radius 3 is 2.51 bits per heavy atom. The Balaban J connectivity index is 1.26. The number of hydrogen-bond donors (Lipinski definition) is 1. The zero-order chi connectivity index (χ0) is 25.8. The summed E-state index contributed by atoms with van der Waals surface area (Å²) in [6, 6.07) is 14.7. The number of carbonyl (C=O) groups is 1. The normalized spacial score (nSPS) is 14.9. The van der Waals surface area contributed by atoms with Gasteiger partial charge in [-0.2, -0.15) is 0 Å². The highest BCUT2D eigenvalue weighted by Crippen LogP contribution is 2.34. The van der Waals surface area contributed by atoms with Gasteiger partial charge in [0.15, 0.2) is 5.82 Å². The molecule has 0 aliphatic carbocycles. The number of ether oxygens (including phenoxy) is 1. The minimum absolute atomic E-state index is 0.163. The van der Waals surface area contributed by atoms with Crippen molar-refractivity contribution in [1.29, 1.82) is 0 Å². The van der Waals surface area contributed by atoms with Crippen LogP contribution in [0.25, 0.3) is 11.0 Å². The number of allylic oxidation sites excluding steroid dienone is 1. The van der Waals surface area contributed by atoms with Crippen LogP contribution in [-0.2, 0) is 0 Å². The fourth-order valence-corrected chi connectivity index (χ4v) is 4.82. The van der Waals surface area contributed by atoms with Crippen LogP contribution in [-0.4, -0.2) is 69.2 Å². The quantitative estimate of drug-likeness (QED) is 0.343. The maximum atomic E-state index is 12.9. The van der Waals surface area contributed by atoms with Crippen molar-refractivity contribution in [3.05, 3.63) is 89.8 Å². The first-order chi connectivity index (χ1) is 18.0. The molecule has 0 unspecified atom stereocenters. The van der Waals surface area contributed by atoms with Gasteiger partial charge in [0.2, 0.25) is 11.7 Å². The lowest BCUT2D eigenvalue weighted by molar-refractivity contribution is 0.103. The lowest BCUT2D eigenvalue weighted by atomic mass is 9.93. The van der Waals surface area contributed by atoms with Crippen LogP contribution in [0.15, 0.2) is 72.7 Å². The van der Waals surface area contributed by atoms with Gasteiger partial charge >= 0.3 is 0 Å². The summed E-state index contributed by atoms with van der Waals surface area (Å²) in [5, 5.41) is 0. The lowest BCUT2D eigenvalue weighted by Gasteiger charge is -2.36. The van der Waals surface area contributed by atoms with Gasteiger partial charge in [-0.05, 0) is 70.3 Å². The Kier molecular flexibility index (Phi) is 7.28. The van der Waals surface area contributed by atoms with Crippen LogP contribution in [0.1, 0.15) is 47.6 Å². The maximum Gasteiger partial charge on any atom is 0.241 e. The van der Waals surface area contributed by atoms with Crippen molar-refractivity contribution in [2.24, 2.45) is 0 Å². The molecule has 5 rings (SSSR count). The molecule has 190 valence electrons. The SMILES string of the molecule is C/C=C(\CN(C)C)N1CCC(c2nccnc2Oc2ccc(C(=O)c3nc4ccccc4[nH]3)cc2)CC1. The van der Waals surface area contributed by atoms with Crippen LogP contribution in [0.4, 0.5) is 0 Å². The highest BCUT2D eigenvalue weighted by Gasteiger charge is 2.26. The van der Waals surface area contributed by atoms with Crippen molar-refractivity contribution >= 4 is 16.8 Å². The van der Waals surface area contributed by atoms with Crippen LogP contribution in [0, 0.1) is 0 Å². The summed E-state index contributed by atoms with van der Waals surface area (Å²) < 4.78 is 6.16. The molecule has 3 heterocycles. The van der Waals surface area contributed by atoms with E-state index in [0.717, 1.165) is 49.2 Å². The molecule has 1 saturated heterocycles. The number of carbonyl (C=O) groups excluding carboxylic acids is 1. The van der Waals surface area contributed by atoms with Crippen LogP contribution in [0.2, 0.25) is 0 Å². The first kappa shape index (κ1) is 24.6. The van der Waals surface area contributed by atoms with Gasteiger partial charge in [-0.15, -0.1) is 0 Å². The standard InChI is InChI=1S/C29H32N6O2/c1-4-22(19-34(2)3)35-17-13-20(14-18-35)26-29(31-16-15-30-26)37-23-11-9-21(10-12-23)27(36)28-32-24-7-5-6-8-25(24)33-28/h4-12,15-16,20H,13-14,17-19H2,1-3H3,(H,32,33)/b22-4+. The van der Waals surface area contributed by atoms with Gasteiger partial charge in [0.1, 0.15) is 11.4 Å². The Labute approximate surface area is 217 Å². The molecule has 0 saturated carbocycles. The molecule has 2 aromatic carbocycles. The second kappa shape index (κ2) is 10.9. The largest absolute Gasteiger partial charge is 0.437 e. The summed E-state index contributed by atoms with van der Waals surface area (Å²) in [6.45, 7) is 5.00. The third-order valence-electron chi connectivity index (χ3n) is 6.73. The number of para-hydroxylation sites is 2. The van der Waals surface area contributed by atoms with Gasteiger partial charge in [-0.25, -0.2) is 9.97 Å². The van der Waals surface area contributed by atoms with E-state index in [0.29, 0.717) is 23.0 Å². The van der Waals surface area contributed by atoms with Crippen molar-refractivity contribution in [1.82, 2.24) is 29.7 Å². The number of imidazole rings is 1. The molecule has 0 spiro atoms. The number of H-pyrrole nitrogens is 1. The van der Waals surface area contributed by atoms with Crippen LogP contribution < -0.4 is 4.74 Å². The maximum absolute atomic E-state index is 12.9. The Hall–Kier alpha value is -4.04. The average molecular weight is 497 g/mol. The van der Waals surface area contributed by atoms with E-state index in [1.54, 1.807) is 36.7 Å². The van der Waals surface area contributed by atoms with E-state index >= 15 is 0 Å². The number of hydrogen-bond acceptors (Lipinski definition) is 7. The predicted molar refractivity (Wildman–Crippen MR) is 144 cm³/mol. The second-order valence-corrected chi connectivity index (χ2v) is 9.58. The number of fused-ring (bicyclic) bond motifs is 1. The smallest absolute Gasteiger partial charge is 0.241 e. The minimum Gasteiger partial charge on any atom is -0.437 e. The van der Waals surface area contributed by atoms with E-state index in [1.807, 2.05) is 24.3 Å². The lowest BCUT2D eigenvalue weighted by Crippen LogP contribution is -2.36. The summed E-state index contributed by atoms with van der Waals surface area (Å²) in [7, 11) is 4.20. The van der Waals surface area contributed by atoms with Gasteiger partial charge in [0.25, 0.3) is 0 Å². The number of likely N-dealkylation sites (N-methyl/N-ethyl adjacent to an activating group) is 1. The van der Waals surface area contributed by atoms with Crippen molar-refractivity contribution in [2.75, 3.05) is 33.7 Å². The topological polar surface area (TPSA) is 87.2 Å². The summed E-state index contributed by atoms with van der Waals surface area (Å²) >= 11 is 0. The molecular formula is C29H32N6O2. The third-order valence-corrected chi connectivity index (χ3v) is 6.73. The number of piperidine rings is 1. The minimum atomic E-state index is -0.163. The number of aromatic nitrogens is 4. The van der Waals surface area contributed by atoms with E-state index in [-0.39, 0.29) is 11.7 Å². The summed E-state index contributed by atoms with van der Waals surface area (Å²) in [4.78, 5) is 34.2. The summed E-state index contributed by atoms with van der Waals surface area (Å²) in [6.07, 6.45) is 7.57. The molecule has 4 aromatic rings. The molecule has 1 fully saturated rings. The number of ketones is 1. The highest BCUT2D eigenvalue weighted by molar-refractivity contribution is 6.08. The molecule has 8 nitrogen and oxygen atoms in total. The summed E-state index contributed by atoms with van der Waals surface area (Å²) in [5.74, 6) is 1.58. The van der Waals surface area contributed by atoms with Crippen LogP contribution in [0.3, 0.4) is 0 Å². The first-order valence-corrected chi connectivity index (χ1v) is 12.6. The molecule has 2 aromatic heterocycles. The molecule has 1 aliphatic rings. The van der Waals surface area contributed by atoms with Gasteiger partial charge in [-0.1, -0.05) is 18.2 Å². The molecule has 1 N–H and O–H groups in total. The van der Waals surface area contributed by atoms with E-state index in [4.69, 9.17) is 4.74 Å². The van der Waals surface area contributed by atoms with Crippen molar-refractivity contribution < 1.29 is 9.53 Å². The van der Waals surface area contributed by atoms with Gasteiger partial charge in [0, 0.05) is 49.2 Å². The number of likely N-dealkylation sites (tertiary alicyclic amines) is 1. The predicted octanol–water partition coefficient (Wildman–Crippen LogP) is 5.02. The second-order valence-electron chi connectivity index (χ2n) is 9.58. The number of rotatable bonds is 8. The third kappa shape index (κ3) is 5.54. The zero-order valence-corrected chi connectivity index (χ0v) is 21.5. The van der Waals surface area contributed by atoms with Crippen molar-refractivity contribution in [3.63, 3.8) is 0 Å². The van der Waals surface area contributed by atoms with Gasteiger partial charge in [0.05, 0.1) is 11.0 Å². The van der Waals surface area contributed by atoms with Crippen LogP contribution >= 0.6 is 0 Å². The van der Waals surface area contributed by atoms with Crippen LogP contribution in [0.5, 0.6) is 11.6 Å². The fourth-order valence-electron chi connectivity index (χ4n) is 4.82. The molecular weight excluding hydrogens is 464 g/mol. The number of aromatic amines is 1. The van der Waals surface area contributed by atoms with Crippen molar-refractivity contribution in [3.8, 4) is 11.6 Å². The number of nitrogens with zero attached hydrogens (tertiary/aromatic N) is 5. The molecule has 0 amide bonds. The first-order valence-electron chi connectivity index (χ1n) is 12.6. The van der Waals surface area contributed by atoms with E-state index in [2.05, 4.69) is 56.8 Å². The van der Waals surface area contributed by atoms with E-state index in [9.17, 15) is 4.79 Å². The number of nitrogens with one attached hydrogen (secondary N) is 1. The molecule has 0 radical (unpaired) electrons. The Morgan fingerprint density at radius 1 is 1.08 bits per heavy atom. The van der Waals surface area contributed by atoms with E-state index < -0.39 is 0 Å². The Bertz CT molecular complexity index is 1370. The summed E-state index contributed by atoms with van der Waals surface area (Å²) in [5.41, 5.74) is 4.39. The Morgan fingerprint density at radius 2 is 1.81 bits per heavy atom. The monoisotopic (exact) mass is 496 g/mol. The zero-order valence-electron chi connectivity index (χ0n) is 21.5. The van der Waals surface area contributed by atoms with Crippen molar-refractivity contribution in [2.45, 2.75) is 25.7 Å². The number of benzene rings is 2. The molecule has 1 aliphatic heterocycles. The van der Waals surface area contributed by atoms with E-state index in [1.165, 1.54) is 5.70 Å². The molecule has 0 bridgehead atoms.